The van der Waals surface area contributed by atoms with Crippen LogP contribution >= 0.6 is 0 Å². The maximum absolute atomic E-state index is 11.3. The number of hydrogen-bond acceptors (Lipinski definition) is 3. The maximum atomic E-state index is 11.3. The van der Waals surface area contributed by atoms with E-state index in [-0.39, 0.29) is 0 Å². The molecular weight excluding hydrogens is 190 g/mol. The largest absolute Gasteiger partial charge is 0.268 e. The summed E-state index contributed by atoms with van der Waals surface area (Å²) in [6.07, 6.45) is 0. The van der Waals surface area contributed by atoms with Gasteiger partial charge in [0.1, 0.15) is 0 Å². The molecule has 0 saturated carbocycles. The van der Waals surface area contributed by atoms with Crippen molar-refractivity contribution in [2.45, 2.75) is 0 Å². The van der Waals surface area contributed by atoms with Crippen molar-refractivity contribution in [1.29, 1.82) is 0 Å². The summed E-state index contributed by atoms with van der Waals surface area (Å²) in [6.45, 7) is 0. The fourth-order valence-electron chi connectivity index (χ4n) is 0.790. The number of carbonyl (C=O) groups is 1. The van der Waals surface area contributed by atoms with Crippen molar-refractivity contribution in [3.05, 3.63) is 35.9 Å². The molecule has 0 N–H and O–H groups in total. The molecule has 5 heteroatoms. The number of rotatable bonds is 2. The molecule has 0 atom stereocenters. The van der Waals surface area contributed by atoms with Crippen LogP contribution in [0, 0.1) is 6.07 Å². The average molecular weight is 198 g/mol. The van der Waals surface area contributed by atoms with E-state index in [1.807, 2.05) is 0 Å². The Morgan fingerprint density at radius 3 is 2.38 bits per heavy atom. The molecule has 4 nitrogen and oxygen atoms in total. The quantitative estimate of drug-likeness (QED) is 0.685. The van der Waals surface area contributed by atoms with Crippen molar-refractivity contribution >= 4 is 16.8 Å². The molecule has 0 aliphatic carbocycles. The Balaban J connectivity index is 2.93. The molecule has 1 amide bonds. The summed E-state index contributed by atoms with van der Waals surface area (Å²) >= 11 is 0. The molecule has 0 aliphatic rings. The second-order valence-corrected chi connectivity index (χ2v) is 3.43. The lowest BCUT2D eigenvalue weighted by Gasteiger charge is -2.07. The second kappa shape index (κ2) is 4.04. The van der Waals surface area contributed by atoms with E-state index >= 15 is 0 Å². The van der Waals surface area contributed by atoms with Gasteiger partial charge in [-0.1, -0.05) is 12.1 Å². The van der Waals surface area contributed by atoms with E-state index in [1.165, 1.54) is 19.2 Å². The molecule has 0 spiro atoms. The number of thiol groups is 1. The Bertz CT molecular complexity index is 364. The van der Waals surface area contributed by atoms with Gasteiger partial charge in [0.25, 0.3) is 5.91 Å². The summed E-state index contributed by atoms with van der Waals surface area (Å²) in [6, 6.07) is 8.87. The topological polar surface area (TPSA) is 54.5 Å². The molecule has 0 aliphatic heterocycles. The van der Waals surface area contributed by atoms with Crippen LogP contribution in [0.15, 0.2) is 24.3 Å². The average Bonchev–Trinajstić information content (AvgIpc) is 2.17. The standard InChI is InChI=1S/C8H8NO3S/c1-9(13(11)12)8(10)7-5-3-2-4-6-7/h3-6,13H,1H3. The summed E-state index contributed by atoms with van der Waals surface area (Å²) in [5.41, 5.74) is 0.334. The fraction of sp³-hybridized carbons (Fsp3) is 0.125. The van der Waals surface area contributed by atoms with Crippen molar-refractivity contribution < 1.29 is 13.2 Å². The van der Waals surface area contributed by atoms with Crippen LogP contribution in [0.3, 0.4) is 0 Å². The Labute approximate surface area is 77.9 Å². The zero-order valence-corrected chi connectivity index (χ0v) is 7.82. The van der Waals surface area contributed by atoms with Gasteiger partial charge in [0, 0.05) is 12.6 Å². The Morgan fingerprint density at radius 2 is 1.92 bits per heavy atom. The molecule has 1 radical (unpaired) electrons. The van der Waals surface area contributed by atoms with Crippen LogP contribution in [0.25, 0.3) is 0 Å². The van der Waals surface area contributed by atoms with Crippen molar-refractivity contribution in [3.63, 3.8) is 0 Å². The molecule has 1 rings (SSSR count). The van der Waals surface area contributed by atoms with Gasteiger partial charge in [0.15, 0.2) is 0 Å². The van der Waals surface area contributed by atoms with Crippen LogP contribution in [0.4, 0.5) is 0 Å². The SMILES string of the molecule is CN(C(=O)c1cc[c]cc1)[SH](=O)=O. The first-order valence-electron chi connectivity index (χ1n) is 3.51. The van der Waals surface area contributed by atoms with Gasteiger partial charge in [-0.05, 0) is 18.2 Å². The van der Waals surface area contributed by atoms with Gasteiger partial charge in [0.2, 0.25) is 10.9 Å². The predicted octanol–water partition coefficient (Wildman–Crippen LogP) is 0.0852. The van der Waals surface area contributed by atoms with Crippen LogP contribution in [0.1, 0.15) is 10.4 Å². The zero-order valence-electron chi connectivity index (χ0n) is 6.93. The van der Waals surface area contributed by atoms with E-state index in [0.717, 1.165) is 0 Å². The minimum absolute atomic E-state index is 0.334. The molecular formula is C8H8NO3S. The van der Waals surface area contributed by atoms with Crippen LogP contribution in [0.2, 0.25) is 0 Å². The third-order valence-corrected chi connectivity index (χ3v) is 2.18. The summed E-state index contributed by atoms with van der Waals surface area (Å²) in [5, 5.41) is 0. The van der Waals surface area contributed by atoms with E-state index in [1.54, 1.807) is 12.1 Å². The van der Waals surface area contributed by atoms with Gasteiger partial charge in [-0.15, -0.1) is 0 Å². The number of carbonyl (C=O) groups excluding carboxylic acids is 1. The summed E-state index contributed by atoms with van der Waals surface area (Å²) in [7, 11) is -1.64. The van der Waals surface area contributed by atoms with Gasteiger partial charge in [-0.3, -0.25) is 4.79 Å². The Kier molecular flexibility index (Phi) is 3.02. The van der Waals surface area contributed by atoms with E-state index in [9.17, 15) is 13.2 Å². The molecule has 0 saturated heterocycles. The van der Waals surface area contributed by atoms with E-state index in [2.05, 4.69) is 6.07 Å². The maximum Gasteiger partial charge on any atom is 0.266 e. The minimum Gasteiger partial charge on any atom is -0.268 e. The van der Waals surface area contributed by atoms with E-state index < -0.39 is 16.8 Å². The monoisotopic (exact) mass is 198 g/mol. The van der Waals surface area contributed by atoms with E-state index in [0.29, 0.717) is 9.87 Å². The van der Waals surface area contributed by atoms with Crippen molar-refractivity contribution in [2.24, 2.45) is 0 Å². The minimum atomic E-state index is -2.85. The highest BCUT2D eigenvalue weighted by Gasteiger charge is 2.11. The lowest BCUT2D eigenvalue weighted by molar-refractivity contribution is 0.0886. The third kappa shape index (κ3) is 2.29. The number of nitrogens with zero attached hydrogens (tertiary/aromatic N) is 1. The molecule has 0 aromatic heterocycles. The zero-order chi connectivity index (χ0) is 9.84. The highest BCUT2D eigenvalue weighted by molar-refractivity contribution is 7.70. The van der Waals surface area contributed by atoms with Crippen LogP contribution < -0.4 is 0 Å². The first-order chi connectivity index (χ1) is 6.13. The lowest BCUT2D eigenvalue weighted by atomic mass is 10.2. The third-order valence-electron chi connectivity index (χ3n) is 1.50. The molecule has 69 valence electrons. The molecule has 0 unspecified atom stereocenters. The summed E-state index contributed by atoms with van der Waals surface area (Å²) in [4.78, 5) is 11.3. The van der Waals surface area contributed by atoms with Crippen LogP contribution in [-0.4, -0.2) is 25.7 Å². The first kappa shape index (κ1) is 9.73. The molecule has 1 aromatic carbocycles. The van der Waals surface area contributed by atoms with Gasteiger partial charge in [0.05, 0.1) is 0 Å². The van der Waals surface area contributed by atoms with E-state index in [4.69, 9.17) is 0 Å². The Morgan fingerprint density at radius 1 is 1.38 bits per heavy atom. The molecule has 0 fully saturated rings. The number of amides is 1. The highest BCUT2D eigenvalue weighted by Crippen LogP contribution is 2.01. The van der Waals surface area contributed by atoms with Crippen LogP contribution in [0.5, 0.6) is 0 Å². The normalized spacial score (nSPS) is 10.0. The fourth-order valence-corrected chi connectivity index (χ4v) is 1.05. The molecule has 0 bridgehead atoms. The summed E-state index contributed by atoms with van der Waals surface area (Å²) < 4.78 is 21.6. The van der Waals surface area contributed by atoms with Crippen molar-refractivity contribution in [1.82, 2.24) is 4.31 Å². The van der Waals surface area contributed by atoms with Crippen molar-refractivity contribution in [3.8, 4) is 0 Å². The van der Waals surface area contributed by atoms with Crippen LogP contribution in [-0.2, 0) is 10.9 Å². The summed E-state index contributed by atoms with van der Waals surface area (Å²) in [5.74, 6) is -0.537. The molecule has 1 aromatic rings. The number of benzene rings is 1. The molecule has 13 heavy (non-hydrogen) atoms. The first-order valence-corrected chi connectivity index (χ1v) is 4.64. The molecule has 0 heterocycles. The van der Waals surface area contributed by atoms with Gasteiger partial charge in [-0.25, -0.2) is 12.7 Å². The van der Waals surface area contributed by atoms with Crippen molar-refractivity contribution in [2.75, 3.05) is 7.05 Å². The highest BCUT2D eigenvalue weighted by atomic mass is 32.2. The predicted molar refractivity (Wildman–Crippen MR) is 47.7 cm³/mol. The Hall–Kier alpha value is -1.36. The second-order valence-electron chi connectivity index (χ2n) is 2.36. The number of hydrogen-bond donors (Lipinski definition) is 1. The van der Waals surface area contributed by atoms with Gasteiger partial charge in [-0.2, -0.15) is 0 Å². The lowest BCUT2D eigenvalue weighted by Crippen LogP contribution is -2.24. The van der Waals surface area contributed by atoms with Gasteiger partial charge < -0.3 is 0 Å². The van der Waals surface area contributed by atoms with Gasteiger partial charge >= 0.3 is 0 Å². The smallest absolute Gasteiger partial charge is 0.266 e.